The predicted molar refractivity (Wildman–Crippen MR) is 64.8 cm³/mol. The number of hydrogen-bond acceptors (Lipinski definition) is 1. The van der Waals surface area contributed by atoms with Crippen LogP contribution in [0.3, 0.4) is 0 Å². The summed E-state index contributed by atoms with van der Waals surface area (Å²) in [6.07, 6.45) is 10.1. The summed E-state index contributed by atoms with van der Waals surface area (Å²) in [5, 5.41) is 2.87. The summed E-state index contributed by atoms with van der Waals surface area (Å²) in [7, 11) is 0. The molecule has 0 saturated carbocycles. The van der Waals surface area contributed by atoms with Gasteiger partial charge in [-0.25, -0.2) is 0 Å². The summed E-state index contributed by atoms with van der Waals surface area (Å²) in [5.41, 5.74) is 2.68. The monoisotopic (exact) mass is 209 g/mol. The van der Waals surface area contributed by atoms with Crippen molar-refractivity contribution in [3.05, 3.63) is 60.2 Å². The molecule has 1 aromatic rings. The van der Waals surface area contributed by atoms with Gasteiger partial charge in [0, 0.05) is 22.7 Å². The molecule has 1 aromatic carbocycles. The lowest BCUT2D eigenvalue weighted by Crippen LogP contribution is -2.04. The molecule has 1 heterocycles. The third-order valence-electron chi connectivity index (χ3n) is 2.85. The van der Waals surface area contributed by atoms with Gasteiger partial charge in [0.1, 0.15) is 0 Å². The average Bonchev–Trinajstić information content (AvgIpc) is 2.89. The molecule has 1 aliphatic heterocycles. The van der Waals surface area contributed by atoms with Crippen molar-refractivity contribution in [1.82, 2.24) is 0 Å². The molecule has 0 saturated heterocycles. The first-order chi connectivity index (χ1) is 7.84. The molecule has 3 rings (SSSR count). The minimum absolute atomic E-state index is 0.00472. The maximum atomic E-state index is 11.8. The van der Waals surface area contributed by atoms with Gasteiger partial charge in [-0.1, -0.05) is 48.6 Å². The number of amides is 1. The fourth-order valence-corrected chi connectivity index (χ4v) is 2.06. The summed E-state index contributed by atoms with van der Waals surface area (Å²) < 4.78 is 0. The molecule has 0 aromatic heterocycles. The summed E-state index contributed by atoms with van der Waals surface area (Å²) >= 11 is 0. The normalized spacial score (nSPS) is 20.5. The fraction of sp³-hybridized carbons (Fsp3) is 0.0714. The lowest BCUT2D eigenvalue weighted by atomic mass is 10.0. The Morgan fingerprint density at radius 1 is 1.12 bits per heavy atom. The molecule has 0 radical (unpaired) electrons. The number of rotatable bonds is 1. The Kier molecular flexibility index (Phi) is 2.00. The first-order valence-electron chi connectivity index (χ1n) is 5.32. The smallest absolute Gasteiger partial charge is 0.256 e. The molecule has 2 heteroatoms. The summed E-state index contributed by atoms with van der Waals surface area (Å²) in [6, 6.07) is 7.78. The van der Waals surface area contributed by atoms with Crippen molar-refractivity contribution >= 4 is 17.2 Å². The van der Waals surface area contributed by atoms with Crippen LogP contribution in [-0.2, 0) is 4.79 Å². The molecular formula is C14H11NO. The number of allylic oxidation sites excluding steroid dienone is 5. The van der Waals surface area contributed by atoms with Gasteiger partial charge >= 0.3 is 0 Å². The number of hydrogen-bond donors (Lipinski definition) is 1. The lowest BCUT2D eigenvalue weighted by molar-refractivity contribution is -0.110. The molecule has 0 unspecified atom stereocenters. The highest BCUT2D eigenvalue weighted by atomic mass is 16.1. The van der Waals surface area contributed by atoms with Crippen LogP contribution in [0.2, 0.25) is 0 Å². The molecule has 16 heavy (non-hydrogen) atoms. The van der Waals surface area contributed by atoms with Crippen LogP contribution >= 0.6 is 0 Å². The van der Waals surface area contributed by atoms with E-state index >= 15 is 0 Å². The van der Waals surface area contributed by atoms with Gasteiger partial charge in [-0.3, -0.25) is 4.79 Å². The Hall–Kier alpha value is -2.09. The van der Waals surface area contributed by atoms with Crippen molar-refractivity contribution in [3.8, 4) is 0 Å². The largest absolute Gasteiger partial charge is 0.321 e. The highest BCUT2D eigenvalue weighted by Gasteiger charge is 2.23. The van der Waals surface area contributed by atoms with E-state index in [4.69, 9.17) is 0 Å². The number of nitrogens with one attached hydrogen (secondary N) is 1. The second-order valence-corrected chi connectivity index (χ2v) is 3.93. The van der Waals surface area contributed by atoms with E-state index in [0.29, 0.717) is 0 Å². The van der Waals surface area contributed by atoms with E-state index in [0.717, 1.165) is 16.8 Å². The van der Waals surface area contributed by atoms with Crippen LogP contribution in [0.25, 0.3) is 5.57 Å². The van der Waals surface area contributed by atoms with Gasteiger partial charge in [0.2, 0.25) is 0 Å². The number of carbonyl (C=O) groups is 1. The molecule has 2 aliphatic rings. The third-order valence-corrected chi connectivity index (χ3v) is 2.85. The Labute approximate surface area is 94.0 Å². The molecule has 2 nitrogen and oxygen atoms in total. The Morgan fingerprint density at radius 3 is 2.69 bits per heavy atom. The molecular weight excluding hydrogens is 198 g/mol. The van der Waals surface area contributed by atoms with Crippen LogP contribution < -0.4 is 5.32 Å². The lowest BCUT2D eigenvalue weighted by Gasteiger charge is -2.00. The van der Waals surface area contributed by atoms with Crippen molar-refractivity contribution in [2.45, 2.75) is 0 Å². The first kappa shape index (κ1) is 9.16. The molecule has 0 fully saturated rings. The molecule has 0 bridgehead atoms. The minimum atomic E-state index is -0.00472. The number of carbonyl (C=O) groups excluding carboxylic acids is 1. The number of benzene rings is 1. The van der Waals surface area contributed by atoms with Crippen molar-refractivity contribution < 1.29 is 4.79 Å². The van der Waals surface area contributed by atoms with Crippen LogP contribution in [-0.4, -0.2) is 5.91 Å². The highest BCUT2D eigenvalue weighted by molar-refractivity contribution is 6.31. The summed E-state index contributed by atoms with van der Waals surface area (Å²) in [4.78, 5) is 11.8. The predicted octanol–water partition coefficient (Wildman–Crippen LogP) is 2.76. The average molecular weight is 209 g/mol. The number of anilines is 1. The quantitative estimate of drug-likeness (QED) is 0.708. The van der Waals surface area contributed by atoms with Crippen molar-refractivity contribution in [2.24, 2.45) is 5.92 Å². The van der Waals surface area contributed by atoms with E-state index in [1.165, 1.54) is 0 Å². The molecule has 78 valence electrons. The Bertz CT molecular complexity index is 525. The summed E-state index contributed by atoms with van der Waals surface area (Å²) in [6.45, 7) is 0. The van der Waals surface area contributed by atoms with Crippen molar-refractivity contribution in [2.75, 3.05) is 5.32 Å². The molecule has 1 aliphatic carbocycles. The van der Waals surface area contributed by atoms with Crippen LogP contribution in [0, 0.1) is 5.92 Å². The van der Waals surface area contributed by atoms with Crippen molar-refractivity contribution in [3.63, 3.8) is 0 Å². The standard InChI is InChI=1S/C14H11NO/c16-14-12(9-10-5-1-2-6-10)11-7-3-4-8-13(11)15-14/h1-10H,(H,15,16)/b12-9+. The highest BCUT2D eigenvalue weighted by Crippen LogP contribution is 2.32. The second kappa shape index (κ2) is 3.49. The molecule has 0 spiro atoms. The van der Waals surface area contributed by atoms with Gasteiger partial charge in [-0.2, -0.15) is 0 Å². The zero-order valence-corrected chi connectivity index (χ0v) is 8.68. The van der Waals surface area contributed by atoms with Gasteiger partial charge in [-0.05, 0) is 6.07 Å². The van der Waals surface area contributed by atoms with E-state index in [-0.39, 0.29) is 11.8 Å². The maximum Gasteiger partial charge on any atom is 0.256 e. The van der Waals surface area contributed by atoms with Gasteiger partial charge in [0.25, 0.3) is 5.91 Å². The van der Waals surface area contributed by atoms with Crippen LogP contribution in [0.4, 0.5) is 5.69 Å². The zero-order valence-electron chi connectivity index (χ0n) is 8.68. The van der Waals surface area contributed by atoms with Crippen molar-refractivity contribution in [1.29, 1.82) is 0 Å². The second-order valence-electron chi connectivity index (χ2n) is 3.93. The van der Waals surface area contributed by atoms with Gasteiger partial charge in [0.15, 0.2) is 0 Å². The minimum Gasteiger partial charge on any atom is -0.321 e. The van der Waals surface area contributed by atoms with Crippen LogP contribution in [0.5, 0.6) is 0 Å². The van der Waals surface area contributed by atoms with Crippen LogP contribution in [0.15, 0.2) is 54.6 Å². The Balaban J connectivity index is 2.05. The topological polar surface area (TPSA) is 29.1 Å². The van der Waals surface area contributed by atoms with Gasteiger partial charge in [0.05, 0.1) is 0 Å². The van der Waals surface area contributed by atoms with E-state index in [2.05, 4.69) is 17.5 Å². The van der Waals surface area contributed by atoms with Gasteiger partial charge in [-0.15, -0.1) is 0 Å². The van der Waals surface area contributed by atoms with Gasteiger partial charge < -0.3 is 5.32 Å². The SMILES string of the molecule is O=C1Nc2ccccc2/C1=C\C1C=CC=C1. The molecule has 1 N–H and O–H groups in total. The molecule has 1 amide bonds. The van der Waals surface area contributed by atoms with Crippen LogP contribution in [0.1, 0.15) is 5.56 Å². The zero-order chi connectivity index (χ0) is 11.0. The summed E-state index contributed by atoms with van der Waals surface area (Å²) in [5.74, 6) is 0.238. The first-order valence-corrected chi connectivity index (χ1v) is 5.32. The van der Waals surface area contributed by atoms with E-state index in [9.17, 15) is 4.79 Å². The molecule has 0 atom stereocenters. The van der Waals surface area contributed by atoms with E-state index in [1.807, 2.05) is 42.5 Å². The Morgan fingerprint density at radius 2 is 1.88 bits per heavy atom. The number of para-hydroxylation sites is 1. The van der Waals surface area contributed by atoms with E-state index in [1.54, 1.807) is 0 Å². The third kappa shape index (κ3) is 1.39. The number of fused-ring (bicyclic) bond motifs is 1. The maximum absolute atomic E-state index is 11.8. The van der Waals surface area contributed by atoms with E-state index < -0.39 is 0 Å². The fourth-order valence-electron chi connectivity index (χ4n) is 2.06.